The molecule has 0 amide bonds. The lowest BCUT2D eigenvalue weighted by molar-refractivity contribution is 0.296. The number of rotatable bonds is 7. The van der Waals surface area contributed by atoms with Crippen LogP contribution in [0, 0.1) is 11.7 Å². The average molecular weight is 392 g/mol. The highest BCUT2D eigenvalue weighted by Crippen LogP contribution is 2.32. The first kappa shape index (κ1) is 19.8. The number of halogens is 2. The molecule has 0 aliphatic heterocycles. The average Bonchev–Trinajstić information content (AvgIpc) is 2.67. The molecule has 2 aromatic rings. The zero-order chi connectivity index (χ0) is 19.2. The molecule has 1 N–H and O–H groups in total. The molecule has 27 heavy (non-hydrogen) atoms. The van der Waals surface area contributed by atoms with Crippen molar-refractivity contribution in [1.82, 2.24) is 0 Å². The minimum Gasteiger partial charge on any atom is -0.493 e. The van der Waals surface area contributed by atoms with Crippen molar-refractivity contribution in [2.75, 3.05) is 19.0 Å². The fourth-order valence-corrected chi connectivity index (χ4v) is 3.72. The highest BCUT2D eigenvalue weighted by molar-refractivity contribution is 6.30. The molecule has 2 aromatic carbocycles. The van der Waals surface area contributed by atoms with E-state index < -0.39 is 0 Å². The molecule has 146 valence electrons. The first-order valence-electron chi connectivity index (χ1n) is 9.56. The summed E-state index contributed by atoms with van der Waals surface area (Å²) in [5.41, 5.74) is 1.58. The molecule has 0 radical (unpaired) electrons. The Morgan fingerprint density at radius 3 is 2.59 bits per heavy atom. The lowest BCUT2D eigenvalue weighted by atomic mass is 9.87. The van der Waals surface area contributed by atoms with Crippen LogP contribution in [-0.4, -0.2) is 19.8 Å². The molecule has 1 saturated carbocycles. The van der Waals surface area contributed by atoms with Gasteiger partial charge in [0.15, 0.2) is 11.5 Å². The Hall–Kier alpha value is -1.94. The van der Waals surface area contributed by atoms with E-state index in [1.165, 1.54) is 31.7 Å². The summed E-state index contributed by atoms with van der Waals surface area (Å²) in [5, 5.41) is 4.13. The van der Waals surface area contributed by atoms with Gasteiger partial charge in [0, 0.05) is 29.2 Å². The van der Waals surface area contributed by atoms with Crippen LogP contribution in [0.2, 0.25) is 5.02 Å². The summed E-state index contributed by atoms with van der Waals surface area (Å²) in [5.74, 6) is 1.89. The Morgan fingerprint density at radius 1 is 1.07 bits per heavy atom. The van der Waals surface area contributed by atoms with Crippen molar-refractivity contribution in [1.29, 1.82) is 0 Å². The van der Waals surface area contributed by atoms with Crippen molar-refractivity contribution >= 4 is 17.3 Å². The summed E-state index contributed by atoms with van der Waals surface area (Å²) >= 11 is 5.95. The second-order valence-corrected chi connectivity index (χ2v) is 7.74. The Kier molecular flexibility index (Phi) is 6.84. The zero-order valence-electron chi connectivity index (χ0n) is 15.9. The Bertz CT molecular complexity index is 760. The van der Waals surface area contributed by atoms with Crippen LogP contribution in [-0.2, 0) is 6.42 Å². The second kappa shape index (κ2) is 9.32. The molecule has 1 aliphatic carbocycles. The monoisotopic (exact) mass is 391 g/mol. The minimum atomic E-state index is -0.267. The third-order valence-corrected chi connectivity index (χ3v) is 5.42. The summed E-state index contributed by atoms with van der Waals surface area (Å²) in [7, 11) is 1.62. The largest absolute Gasteiger partial charge is 0.493 e. The van der Waals surface area contributed by atoms with E-state index in [1.54, 1.807) is 19.2 Å². The Balaban J connectivity index is 1.62. The summed E-state index contributed by atoms with van der Waals surface area (Å²) in [6, 6.07) is 11.0. The number of benzene rings is 2. The van der Waals surface area contributed by atoms with Crippen LogP contribution in [0.15, 0.2) is 36.4 Å². The standard InChI is InChI=1S/C22H27ClFNO2/c1-15-3-6-18(7-4-15)25-19-8-10-21(26-2)22(14-19)27-12-11-16-13-17(23)5-9-20(16)24/h5,8-10,13-15,18,25H,3-4,6-7,11-12H2,1-2H3. The van der Waals surface area contributed by atoms with E-state index in [1.807, 2.05) is 18.2 Å². The first-order chi connectivity index (χ1) is 13.0. The number of hydrogen-bond donors (Lipinski definition) is 1. The van der Waals surface area contributed by atoms with Crippen LogP contribution in [0.25, 0.3) is 0 Å². The lowest BCUT2D eigenvalue weighted by Gasteiger charge is -2.28. The highest BCUT2D eigenvalue weighted by atomic mass is 35.5. The van der Waals surface area contributed by atoms with Crippen LogP contribution >= 0.6 is 11.6 Å². The van der Waals surface area contributed by atoms with Gasteiger partial charge in [0.05, 0.1) is 13.7 Å². The number of nitrogens with one attached hydrogen (secondary N) is 1. The fourth-order valence-electron chi connectivity index (χ4n) is 3.53. The van der Waals surface area contributed by atoms with E-state index in [9.17, 15) is 4.39 Å². The summed E-state index contributed by atoms with van der Waals surface area (Å²) in [4.78, 5) is 0. The maximum absolute atomic E-state index is 13.8. The molecule has 0 unspecified atom stereocenters. The van der Waals surface area contributed by atoms with Crippen LogP contribution in [0.5, 0.6) is 11.5 Å². The topological polar surface area (TPSA) is 30.5 Å². The molecule has 5 heteroatoms. The molecule has 0 aromatic heterocycles. The predicted molar refractivity (Wildman–Crippen MR) is 109 cm³/mol. The van der Waals surface area contributed by atoms with Gasteiger partial charge in [-0.3, -0.25) is 0 Å². The minimum absolute atomic E-state index is 0.267. The van der Waals surface area contributed by atoms with Crippen molar-refractivity contribution in [3.8, 4) is 11.5 Å². The first-order valence-corrected chi connectivity index (χ1v) is 9.94. The molecule has 0 saturated heterocycles. The van der Waals surface area contributed by atoms with Crippen LogP contribution in [0.4, 0.5) is 10.1 Å². The van der Waals surface area contributed by atoms with Gasteiger partial charge in [-0.1, -0.05) is 18.5 Å². The van der Waals surface area contributed by atoms with E-state index in [-0.39, 0.29) is 5.82 Å². The van der Waals surface area contributed by atoms with Crippen LogP contribution in [0.3, 0.4) is 0 Å². The van der Waals surface area contributed by atoms with Gasteiger partial charge >= 0.3 is 0 Å². The van der Waals surface area contributed by atoms with Gasteiger partial charge < -0.3 is 14.8 Å². The normalized spacial score (nSPS) is 19.6. The SMILES string of the molecule is COc1ccc(NC2CCC(C)CC2)cc1OCCc1cc(Cl)ccc1F. The Morgan fingerprint density at radius 2 is 1.85 bits per heavy atom. The van der Waals surface area contributed by atoms with E-state index in [0.29, 0.717) is 41.2 Å². The molecule has 0 bridgehead atoms. The Labute approximate surface area is 165 Å². The van der Waals surface area contributed by atoms with Crippen molar-refractivity contribution in [3.63, 3.8) is 0 Å². The summed E-state index contributed by atoms with van der Waals surface area (Å²) in [6.45, 7) is 2.66. The molecule has 1 fully saturated rings. The fraction of sp³-hybridized carbons (Fsp3) is 0.455. The molecular weight excluding hydrogens is 365 g/mol. The number of methoxy groups -OCH3 is 1. The second-order valence-electron chi connectivity index (χ2n) is 7.30. The van der Waals surface area contributed by atoms with Gasteiger partial charge in [-0.2, -0.15) is 0 Å². The van der Waals surface area contributed by atoms with Gasteiger partial charge in [-0.15, -0.1) is 0 Å². The maximum Gasteiger partial charge on any atom is 0.163 e. The van der Waals surface area contributed by atoms with Gasteiger partial charge in [-0.05, 0) is 67.5 Å². The van der Waals surface area contributed by atoms with Crippen LogP contribution in [0.1, 0.15) is 38.2 Å². The molecule has 1 aliphatic rings. The van der Waals surface area contributed by atoms with E-state index in [4.69, 9.17) is 21.1 Å². The van der Waals surface area contributed by atoms with Crippen LogP contribution < -0.4 is 14.8 Å². The quantitative estimate of drug-likeness (QED) is 0.618. The molecule has 0 heterocycles. The number of anilines is 1. The molecule has 3 nitrogen and oxygen atoms in total. The zero-order valence-corrected chi connectivity index (χ0v) is 16.7. The predicted octanol–water partition coefficient (Wildman–Crippen LogP) is 6.10. The van der Waals surface area contributed by atoms with Crippen molar-refractivity contribution < 1.29 is 13.9 Å². The third-order valence-electron chi connectivity index (χ3n) is 5.19. The number of hydrogen-bond acceptors (Lipinski definition) is 3. The van der Waals surface area contributed by atoms with Crippen molar-refractivity contribution in [2.24, 2.45) is 5.92 Å². The van der Waals surface area contributed by atoms with Crippen molar-refractivity contribution in [3.05, 3.63) is 52.8 Å². The maximum atomic E-state index is 13.8. The van der Waals surface area contributed by atoms with Gasteiger partial charge in [-0.25, -0.2) is 4.39 Å². The van der Waals surface area contributed by atoms with Crippen molar-refractivity contribution in [2.45, 2.75) is 45.1 Å². The van der Waals surface area contributed by atoms with Gasteiger partial charge in [0.2, 0.25) is 0 Å². The van der Waals surface area contributed by atoms with Gasteiger partial charge in [0.25, 0.3) is 0 Å². The van der Waals surface area contributed by atoms with E-state index >= 15 is 0 Å². The smallest absolute Gasteiger partial charge is 0.163 e. The van der Waals surface area contributed by atoms with E-state index in [2.05, 4.69) is 12.2 Å². The molecule has 3 rings (SSSR count). The highest BCUT2D eigenvalue weighted by Gasteiger charge is 2.18. The third kappa shape index (κ3) is 5.52. The molecule has 0 spiro atoms. The number of ether oxygens (including phenoxy) is 2. The summed E-state index contributed by atoms with van der Waals surface area (Å²) in [6.07, 6.45) is 5.35. The van der Waals surface area contributed by atoms with Gasteiger partial charge in [0.1, 0.15) is 5.82 Å². The molecule has 0 atom stereocenters. The molecular formula is C22H27ClFNO2. The lowest BCUT2D eigenvalue weighted by Crippen LogP contribution is -2.25. The summed E-state index contributed by atoms with van der Waals surface area (Å²) < 4.78 is 25.1. The van der Waals surface area contributed by atoms with E-state index in [0.717, 1.165) is 11.6 Å².